The van der Waals surface area contributed by atoms with Crippen molar-refractivity contribution in [2.24, 2.45) is 11.1 Å². The van der Waals surface area contributed by atoms with Gasteiger partial charge in [-0.25, -0.2) is 4.79 Å². The van der Waals surface area contributed by atoms with Crippen LogP contribution in [0.5, 0.6) is 0 Å². The Morgan fingerprint density at radius 1 is 1.83 bits per heavy atom. The summed E-state index contributed by atoms with van der Waals surface area (Å²) >= 11 is 0. The number of rotatable bonds is 0. The number of carbonyl (C=O) groups excluding carboxylic acids is 1. The molecule has 0 spiro atoms. The van der Waals surface area contributed by atoms with E-state index in [1.54, 1.807) is 5.18 Å². The number of hydrogen-bond donors (Lipinski definition) is 1. The summed E-state index contributed by atoms with van der Waals surface area (Å²) in [7, 11) is 0. The molecule has 1 amide bonds. The van der Waals surface area contributed by atoms with Crippen LogP contribution in [0.4, 0.5) is 4.79 Å². The Labute approximate surface area is 33.0 Å². The minimum atomic E-state index is -1.31. The molecule has 0 atom stereocenters. The van der Waals surface area contributed by atoms with Crippen molar-refractivity contribution >= 4 is 6.09 Å². The SMILES string of the molecule is NOC(=O)N=O. The average molecular weight is 90.0 g/mol. The first kappa shape index (κ1) is 5.03. The van der Waals surface area contributed by atoms with Crippen molar-refractivity contribution in [1.29, 1.82) is 0 Å². The van der Waals surface area contributed by atoms with E-state index >= 15 is 0 Å². The predicted molar refractivity (Wildman–Crippen MR) is 16.5 cm³/mol. The topological polar surface area (TPSA) is 81.8 Å². The maximum absolute atomic E-state index is 9.35. The molecule has 0 fully saturated rings. The third-order valence-electron chi connectivity index (χ3n) is 0.175. The van der Waals surface area contributed by atoms with Gasteiger partial charge in [0, 0.05) is 0 Å². The number of nitrogens with zero attached hydrogens (tertiary/aromatic N) is 1. The zero-order valence-electron chi connectivity index (χ0n) is 2.75. The molecular weight excluding hydrogens is 88.0 g/mol. The summed E-state index contributed by atoms with van der Waals surface area (Å²) in [5, 5.41) is 1.77. The Kier molecular flexibility index (Phi) is 1.91. The number of hydrogen-bond acceptors (Lipinski definition) is 4. The minimum absolute atomic E-state index is 1.31. The molecule has 2 N–H and O–H groups in total. The minimum Gasteiger partial charge on any atom is -0.353 e. The van der Waals surface area contributed by atoms with Crippen LogP contribution in [-0.4, -0.2) is 6.09 Å². The largest absolute Gasteiger partial charge is 0.489 e. The van der Waals surface area contributed by atoms with Gasteiger partial charge in [0.05, 0.1) is 5.18 Å². The van der Waals surface area contributed by atoms with Gasteiger partial charge in [-0.15, -0.1) is 4.91 Å². The van der Waals surface area contributed by atoms with E-state index in [1.807, 2.05) is 0 Å². The summed E-state index contributed by atoms with van der Waals surface area (Å²) in [6, 6.07) is 0. The van der Waals surface area contributed by atoms with Crippen LogP contribution < -0.4 is 5.90 Å². The van der Waals surface area contributed by atoms with Crippen LogP contribution in [0.1, 0.15) is 0 Å². The second-order valence-electron chi connectivity index (χ2n) is 0.475. The summed E-state index contributed by atoms with van der Waals surface area (Å²) in [5.74, 6) is 4.14. The molecule has 0 aromatic rings. The van der Waals surface area contributed by atoms with Crippen molar-refractivity contribution in [2.45, 2.75) is 0 Å². The maximum atomic E-state index is 9.35. The quantitative estimate of drug-likeness (QED) is 0.329. The Balaban J connectivity index is 3.23. The third-order valence-corrected chi connectivity index (χ3v) is 0.175. The Bertz CT molecular complexity index is 69.2. The molecule has 0 aromatic heterocycles. The van der Waals surface area contributed by atoms with E-state index in [-0.39, 0.29) is 0 Å². The van der Waals surface area contributed by atoms with Crippen LogP contribution in [-0.2, 0) is 4.84 Å². The first-order valence-corrected chi connectivity index (χ1v) is 1.05. The molecule has 0 aliphatic carbocycles. The lowest BCUT2D eigenvalue weighted by molar-refractivity contribution is 0.159. The predicted octanol–water partition coefficient (Wildman–Crippen LogP) is -0.237. The standard InChI is InChI=1S/CH2N2O3/c2-6-1(4)3-5/h2H2. The lowest BCUT2D eigenvalue weighted by Gasteiger charge is -1.76. The summed E-state index contributed by atoms with van der Waals surface area (Å²) in [5.41, 5.74) is 0. The summed E-state index contributed by atoms with van der Waals surface area (Å²) in [4.78, 5) is 21.6. The van der Waals surface area contributed by atoms with Gasteiger partial charge in [-0.05, 0) is 0 Å². The summed E-state index contributed by atoms with van der Waals surface area (Å²) < 4.78 is 0. The maximum Gasteiger partial charge on any atom is 0.489 e. The van der Waals surface area contributed by atoms with Gasteiger partial charge in [-0.1, -0.05) is 0 Å². The molecule has 0 aliphatic heterocycles. The Morgan fingerprint density at radius 2 is 2.33 bits per heavy atom. The molecule has 0 aliphatic rings. The number of nitrogens with two attached hydrogens (primary N) is 1. The lowest BCUT2D eigenvalue weighted by Crippen LogP contribution is -2.02. The molecular formula is CH2N2O3. The van der Waals surface area contributed by atoms with Crippen LogP contribution in [0.15, 0.2) is 5.18 Å². The van der Waals surface area contributed by atoms with Crippen LogP contribution in [0.3, 0.4) is 0 Å². The van der Waals surface area contributed by atoms with Gasteiger partial charge in [0.25, 0.3) is 0 Å². The smallest absolute Gasteiger partial charge is 0.353 e. The normalized spacial score (nSPS) is 6.83. The van der Waals surface area contributed by atoms with Crippen LogP contribution in [0.25, 0.3) is 0 Å². The first-order valence-electron chi connectivity index (χ1n) is 1.05. The molecule has 5 nitrogen and oxygen atoms in total. The molecule has 0 rings (SSSR count). The van der Waals surface area contributed by atoms with Crippen molar-refractivity contribution < 1.29 is 9.63 Å². The Morgan fingerprint density at radius 3 is 2.33 bits per heavy atom. The monoisotopic (exact) mass is 90.0 g/mol. The lowest BCUT2D eigenvalue weighted by atomic mass is 11.3. The van der Waals surface area contributed by atoms with Gasteiger partial charge in [0.1, 0.15) is 0 Å². The average Bonchev–Trinajstić information content (AvgIpc) is 1.65. The molecule has 0 heterocycles. The van der Waals surface area contributed by atoms with Gasteiger partial charge in [-0.3, -0.25) is 0 Å². The molecule has 0 saturated heterocycles. The summed E-state index contributed by atoms with van der Waals surface area (Å²) in [6.07, 6.45) is -1.31. The highest BCUT2D eigenvalue weighted by molar-refractivity contribution is 5.67. The second-order valence-corrected chi connectivity index (χ2v) is 0.475. The fraction of sp³-hybridized carbons (Fsp3) is 0. The molecule has 0 bridgehead atoms. The van der Waals surface area contributed by atoms with Crippen LogP contribution >= 0.6 is 0 Å². The van der Waals surface area contributed by atoms with E-state index < -0.39 is 6.09 Å². The molecule has 0 radical (unpaired) electrons. The highest BCUT2D eigenvalue weighted by Gasteiger charge is 1.91. The molecule has 5 heteroatoms. The van der Waals surface area contributed by atoms with Gasteiger partial charge in [-0.2, -0.15) is 5.90 Å². The van der Waals surface area contributed by atoms with E-state index in [0.29, 0.717) is 0 Å². The van der Waals surface area contributed by atoms with Crippen molar-refractivity contribution in [3.05, 3.63) is 4.91 Å². The van der Waals surface area contributed by atoms with Gasteiger partial charge < -0.3 is 4.84 Å². The molecule has 34 valence electrons. The molecule has 6 heavy (non-hydrogen) atoms. The van der Waals surface area contributed by atoms with E-state index in [1.165, 1.54) is 0 Å². The third kappa shape index (κ3) is 1.36. The van der Waals surface area contributed by atoms with Crippen LogP contribution in [0.2, 0.25) is 0 Å². The second kappa shape index (κ2) is 2.28. The Hall–Kier alpha value is -0.970. The number of nitroso groups, excluding NO2 is 1. The number of amides is 1. The van der Waals surface area contributed by atoms with E-state index in [2.05, 4.69) is 10.7 Å². The van der Waals surface area contributed by atoms with Gasteiger partial charge in [0.2, 0.25) is 0 Å². The van der Waals surface area contributed by atoms with Crippen molar-refractivity contribution in [2.75, 3.05) is 0 Å². The zero-order chi connectivity index (χ0) is 4.99. The molecule has 0 unspecified atom stereocenters. The van der Waals surface area contributed by atoms with Crippen molar-refractivity contribution in [1.82, 2.24) is 0 Å². The summed E-state index contributed by atoms with van der Waals surface area (Å²) in [6.45, 7) is 0. The molecule has 0 aromatic carbocycles. The fourth-order valence-electron chi connectivity index (χ4n) is 0.0215. The van der Waals surface area contributed by atoms with Gasteiger partial charge >= 0.3 is 6.09 Å². The van der Waals surface area contributed by atoms with Crippen LogP contribution in [0, 0.1) is 4.91 Å². The van der Waals surface area contributed by atoms with Crippen molar-refractivity contribution in [3.8, 4) is 0 Å². The molecule has 0 saturated carbocycles. The van der Waals surface area contributed by atoms with E-state index in [0.717, 1.165) is 0 Å². The highest BCUT2D eigenvalue weighted by Crippen LogP contribution is 1.69. The van der Waals surface area contributed by atoms with Crippen molar-refractivity contribution in [3.63, 3.8) is 0 Å². The number of carbonyl (C=O) groups is 1. The zero-order valence-corrected chi connectivity index (χ0v) is 2.75. The van der Waals surface area contributed by atoms with Gasteiger partial charge in [0.15, 0.2) is 0 Å². The highest BCUT2D eigenvalue weighted by atomic mass is 16.7. The van der Waals surface area contributed by atoms with E-state index in [9.17, 15) is 4.79 Å². The first-order chi connectivity index (χ1) is 2.81. The fourth-order valence-corrected chi connectivity index (χ4v) is 0.0215. The van der Waals surface area contributed by atoms with E-state index in [4.69, 9.17) is 4.91 Å².